The number of hydrogen-bond acceptors (Lipinski definition) is 8. The Bertz CT molecular complexity index is 1280. The van der Waals surface area contributed by atoms with Crippen molar-refractivity contribution in [3.63, 3.8) is 0 Å². The SMILES string of the molecule is COc1nc2nc(C)nc(N[C@H](C)c3cccc(C(F)F)c3F)c2cc1N1CCN(C2CCOCC2)CC1. The van der Waals surface area contributed by atoms with E-state index < -0.39 is 23.8 Å². The van der Waals surface area contributed by atoms with Gasteiger partial charge in [0.15, 0.2) is 5.65 Å². The number of fused-ring (bicyclic) bond motifs is 1. The van der Waals surface area contributed by atoms with Gasteiger partial charge < -0.3 is 19.7 Å². The van der Waals surface area contributed by atoms with Crippen molar-refractivity contribution in [3.8, 4) is 5.88 Å². The summed E-state index contributed by atoms with van der Waals surface area (Å²) in [5.41, 5.74) is 0.794. The van der Waals surface area contributed by atoms with E-state index in [1.54, 1.807) is 21.0 Å². The zero-order valence-corrected chi connectivity index (χ0v) is 21.9. The van der Waals surface area contributed by atoms with Crippen molar-refractivity contribution in [3.05, 3.63) is 47.0 Å². The minimum absolute atomic E-state index is 0.137. The zero-order valence-electron chi connectivity index (χ0n) is 21.9. The number of halogens is 3. The van der Waals surface area contributed by atoms with Crippen LogP contribution >= 0.6 is 0 Å². The number of anilines is 2. The highest BCUT2D eigenvalue weighted by Crippen LogP contribution is 2.35. The summed E-state index contributed by atoms with van der Waals surface area (Å²) in [7, 11) is 1.59. The van der Waals surface area contributed by atoms with Crippen LogP contribution < -0.4 is 15.0 Å². The van der Waals surface area contributed by atoms with Gasteiger partial charge in [0.2, 0.25) is 5.88 Å². The van der Waals surface area contributed by atoms with Crippen LogP contribution in [0.4, 0.5) is 24.7 Å². The molecule has 2 fully saturated rings. The minimum atomic E-state index is -2.89. The number of ether oxygens (including phenoxy) is 2. The summed E-state index contributed by atoms with van der Waals surface area (Å²) in [6.45, 7) is 8.58. The molecule has 0 saturated carbocycles. The van der Waals surface area contributed by atoms with Crippen LogP contribution in [0.15, 0.2) is 24.3 Å². The van der Waals surface area contributed by atoms with Gasteiger partial charge in [-0.15, -0.1) is 0 Å². The van der Waals surface area contributed by atoms with Crippen molar-refractivity contribution >= 4 is 22.5 Å². The predicted octanol–water partition coefficient (Wildman–Crippen LogP) is 4.89. The molecule has 4 heterocycles. The molecule has 0 unspecified atom stereocenters. The molecule has 0 bridgehead atoms. The van der Waals surface area contributed by atoms with E-state index in [1.807, 2.05) is 6.07 Å². The van der Waals surface area contributed by atoms with Gasteiger partial charge in [-0.1, -0.05) is 18.2 Å². The second-order valence-electron chi connectivity index (χ2n) is 9.79. The standard InChI is InChI=1S/C27H33F3N6O2/c1-16(19-5-4-6-20(23(19)28)24(29)30)31-25-21-15-22(27(37-3)34-26(21)33-17(2)32-25)36-11-9-35(10-12-36)18-7-13-38-14-8-18/h4-6,15-16,18,24H,7-14H2,1-3H3,(H,31,32,33,34)/t16-/m1/s1. The maximum Gasteiger partial charge on any atom is 0.266 e. The van der Waals surface area contributed by atoms with Gasteiger partial charge in [-0.05, 0) is 32.8 Å². The molecular formula is C27H33F3N6O2. The molecule has 0 spiro atoms. The smallest absolute Gasteiger partial charge is 0.266 e. The molecule has 0 radical (unpaired) electrons. The summed E-state index contributed by atoms with van der Waals surface area (Å²) in [6, 6.07) is 5.92. The molecular weight excluding hydrogens is 497 g/mol. The third-order valence-electron chi connectivity index (χ3n) is 7.41. The normalized spacial score (nSPS) is 18.2. The number of rotatable bonds is 7. The van der Waals surface area contributed by atoms with Crippen molar-refractivity contribution < 1.29 is 22.6 Å². The molecule has 8 nitrogen and oxygen atoms in total. The number of benzene rings is 1. The Balaban J connectivity index is 1.43. The van der Waals surface area contributed by atoms with E-state index in [0.717, 1.165) is 64.0 Å². The fourth-order valence-corrected chi connectivity index (χ4v) is 5.36. The highest BCUT2D eigenvalue weighted by Gasteiger charge is 2.28. The summed E-state index contributed by atoms with van der Waals surface area (Å²) in [4.78, 5) is 18.5. The molecule has 2 aromatic heterocycles. The van der Waals surface area contributed by atoms with Crippen LogP contribution in [-0.4, -0.2) is 72.4 Å². The lowest BCUT2D eigenvalue weighted by atomic mass is 10.0. The second-order valence-corrected chi connectivity index (χ2v) is 9.79. The Labute approximate surface area is 220 Å². The lowest BCUT2D eigenvalue weighted by Gasteiger charge is -2.41. The molecule has 38 heavy (non-hydrogen) atoms. The molecule has 11 heteroatoms. The van der Waals surface area contributed by atoms with E-state index in [-0.39, 0.29) is 5.56 Å². The summed E-state index contributed by atoms with van der Waals surface area (Å²) < 4.78 is 52.5. The first-order chi connectivity index (χ1) is 18.4. The molecule has 3 aromatic rings. The summed E-state index contributed by atoms with van der Waals surface area (Å²) in [5, 5.41) is 3.86. The van der Waals surface area contributed by atoms with Gasteiger partial charge in [0, 0.05) is 51.0 Å². The number of piperazine rings is 1. The first kappa shape index (κ1) is 26.4. The number of aromatic nitrogens is 3. The number of aryl methyl sites for hydroxylation is 1. The Morgan fingerprint density at radius 2 is 1.76 bits per heavy atom. The van der Waals surface area contributed by atoms with Crippen molar-refractivity contribution in [2.24, 2.45) is 0 Å². The van der Waals surface area contributed by atoms with E-state index in [9.17, 15) is 13.2 Å². The predicted molar refractivity (Wildman–Crippen MR) is 140 cm³/mol. The molecule has 1 N–H and O–H groups in total. The zero-order chi connectivity index (χ0) is 26.8. The van der Waals surface area contributed by atoms with Crippen LogP contribution in [0.1, 0.15) is 49.2 Å². The van der Waals surface area contributed by atoms with Gasteiger partial charge >= 0.3 is 0 Å². The average molecular weight is 531 g/mol. The largest absolute Gasteiger partial charge is 0.479 e. The Hall–Kier alpha value is -3.18. The summed E-state index contributed by atoms with van der Waals surface area (Å²) in [5.74, 6) is 0.491. The summed E-state index contributed by atoms with van der Waals surface area (Å²) in [6.07, 6.45) is -0.771. The highest BCUT2D eigenvalue weighted by atomic mass is 19.3. The molecule has 5 rings (SSSR count). The Morgan fingerprint density at radius 1 is 1.05 bits per heavy atom. The van der Waals surface area contributed by atoms with Crippen molar-refractivity contribution in [2.75, 3.05) is 56.7 Å². The van der Waals surface area contributed by atoms with Crippen LogP contribution in [-0.2, 0) is 4.74 Å². The van der Waals surface area contributed by atoms with Crippen LogP contribution in [0.5, 0.6) is 5.88 Å². The highest BCUT2D eigenvalue weighted by molar-refractivity contribution is 5.90. The fourth-order valence-electron chi connectivity index (χ4n) is 5.36. The van der Waals surface area contributed by atoms with Gasteiger partial charge in [0.05, 0.1) is 24.1 Å². The van der Waals surface area contributed by atoms with Crippen LogP contribution in [0.2, 0.25) is 0 Å². The number of pyridine rings is 1. The minimum Gasteiger partial charge on any atom is -0.479 e. The van der Waals surface area contributed by atoms with E-state index in [2.05, 4.69) is 30.1 Å². The topological polar surface area (TPSA) is 75.6 Å². The molecule has 204 valence electrons. The van der Waals surface area contributed by atoms with Crippen molar-refractivity contribution in [1.82, 2.24) is 19.9 Å². The van der Waals surface area contributed by atoms with Crippen LogP contribution in [0.25, 0.3) is 11.0 Å². The third kappa shape index (κ3) is 5.35. The van der Waals surface area contributed by atoms with Gasteiger partial charge in [-0.3, -0.25) is 4.90 Å². The van der Waals surface area contributed by atoms with Gasteiger partial charge in [0.25, 0.3) is 6.43 Å². The molecule has 2 aliphatic rings. The third-order valence-corrected chi connectivity index (χ3v) is 7.41. The van der Waals surface area contributed by atoms with Crippen molar-refractivity contribution in [1.29, 1.82) is 0 Å². The van der Waals surface area contributed by atoms with E-state index in [0.29, 0.717) is 34.6 Å². The average Bonchev–Trinajstić information content (AvgIpc) is 2.92. The molecule has 0 aliphatic carbocycles. The maximum absolute atomic E-state index is 14.8. The maximum atomic E-state index is 14.8. The fraction of sp³-hybridized carbons (Fsp3) is 0.519. The first-order valence-corrected chi connectivity index (χ1v) is 13.0. The molecule has 1 aromatic carbocycles. The monoisotopic (exact) mass is 530 g/mol. The molecule has 2 saturated heterocycles. The molecule has 0 amide bonds. The number of nitrogens with zero attached hydrogens (tertiary/aromatic N) is 5. The first-order valence-electron chi connectivity index (χ1n) is 13.0. The lowest BCUT2D eigenvalue weighted by molar-refractivity contribution is 0.0321. The Morgan fingerprint density at radius 3 is 2.45 bits per heavy atom. The number of methoxy groups -OCH3 is 1. The van der Waals surface area contributed by atoms with Gasteiger partial charge in [-0.2, -0.15) is 4.98 Å². The van der Waals surface area contributed by atoms with E-state index >= 15 is 0 Å². The van der Waals surface area contributed by atoms with Crippen LogP contribution in [0, 0.1) is 12.7 Å². The van der Waals surface area contributed by atoms with Gasteiger partial charge in [-0.25, -0.2) is 23.1 Å². The number of alkyl halides is 2. The lowest BCUT2D eigenvalue weighted by Crippen LogP contribution is -2.51. The van der Waals surface area contributed by atoms with Gasteiger partial charge in [0.1, 0.15) is 23.1 Å². The van der Waals surface area contributed by atoms with E-state index in [4.69, 9.17) is 9.47 Å². The van der Waals surface area contributed by atoms with E-state index in [1.165, 1.54) is 12.1 Å². The second kappa shape index (κ2) is 11.3. The Kier molecular flexibility index (Phi) is 7.85. The summed E-state index contributed by atoms with van der Waals surface area (Å²) >= 11 is 0. The number of hydrogen-bond donors (Lipinski definition) is 1. The quantitative estimate of drug-likeness (QED) is 0.463. The van der Waals surface area contributed by atoms with Crippen molar-refractivity contribution in [2.45, 2.75) is 45.2 Å². The molecule has 1 atom stereocenters. The molecule has 2 aliphatic heterocycles. The number of nitrogens with one attached hydrogen (secondary N) is 1. The van der Waals surface area contributed by atoms with Crippen LogP contribution in [0.3, 0.4) is 0 Å².